The van der Waals surface area contributed by atoms with E-state index in [-0.39, 0.29) is 24.1 Å². The van der Waals surface area contributed by atoms with E-state index in [1.807, 2.05) is 0 Å². The van der Waals surface area contributed by atoms with Crippen molar-refractivity contribution in [2.75, 3.05) is 7.05 Å². The molecule has 3 heterocycles. The molecule has 20 heavy (non-hydrogen) atoms. The molecule has 3 rings (SSSR count). The van der Waals surface area contributed by atoms with Crippen LogP contribution in [0.15, 0.2) is 6.33 Å². The van der Waals surface area contributed by atoms with E-state index in [2.05, 4.69) is 20.6 Å². The molecule has 0 bridgehead atoms. The molecular formula is C12H15N5O3. The van der Waals surface area contributed by atoms with E-state index >= 15 is 0 Å². The lowest BCUT2D eigenvalue weighted by atomic mass is 10.0. The lowest BCUT2D eigenvalue weighted by Crippen LogP contribution is -2.52. The van der Waals surface area contributed by atoms with Crippen molar-refractivity contribution < 1.29 is 14.4 Å². The van der Waals surface area contributed by atoms with Crippen LogP contribution in [0.2, 0.25) is 0 Å². The molecular weight excluding hydrogens is 262 g/mol. The molecule has 1 aromatic heterocycles. The van der Waals surface area contributed by atoms with Crippen LogP contribution in [0.5, 0.6) is 0 Å². The van der Waals surface area contributed by atoms with Gasteiger partial charge in [0.1, 0.15) is 6.04 Å². The Balaban J connectivity index is 1.64. The summed E-state index contributed by atoms with van der Waals surface area (Å²) in [6, 6.07) is -1.18. The van der Waals surface area contributed by atoms with Gasteiger partial charge in [-0.2, -0.15) is 0 Å². The van der Waals surface area contributed by atoms with Crippen molar-refractivity contribution >= 4 is 17.7 Å². The summed E-state index contributed by atoms with van der Waals surface area (Å²) in [7, 11) is 1.42. The zero-order valence-corrected chi connectivity index (χ0v) is 11.0. The molecule has 2 aliphatic heterocycles. The summed E-state index contributed by atoms with van der Waals surface area (Å²) in [6.07, 6.45) is 2.09. The number of likely N-dealkylation sites (tertiary alicyclic amines) is 1. The number of aromatic amines is 1. The van der Waals surface area contributed by atoms with Crippen LogP contribution in [0.25, 0.3) is 0 Å². The Morgan fingerprint density at radius 3 is 2.95 bits per heavy atom. The van der Waals surface area contributed by atoms with Gasteiger partial charge < -0.3 is 10.3 Å². The second-order valence-electron chi connectivity index (χ2n) is 5.02. The SMILES string of the molecule is CN1C(=O)CC(NC(=O)C2Cc3nc[nH]c3CN2)C1=O. The summed E-state index contributed by atoms with van der Waals surface area (Å²) in [4.78, 5) is 43.5. The normalized spacial score (nSPS) is 25.8. The van der Waals surface area contributed by atoms with Crippen LogP contribution in [0.3, 0.4) is 0 Å². The number of carbonyl (C=O) groups is 3. The number of rotatable bonds is 2. The Labute approximate surface area is 114 Å². The molecule has 1 fully saturated rings. The first kappa shape index (κ1) is 12.8. The quantitative estimate of drug-likeness (QED) is 0.558. The van der Waals surface area contributed by atoms with Crippen molar-refractivity contribution in [2.24, 2.45) is 0 Å². The lowest BCUT2D eigenvalue weighted by molar-refractivity contribution is -0.138. The molecule has 8 nitrogen and oxygen atoms in total. The maximum atomic E-state index is 12.2. The number of aromatic nitrogens is 2. The molecule has 3 amide bonds. The largest absolute Gasteiger partial charge is 0.347 e. The zero-order chi connectivity index (χ0) is 14.3. The minimum Gasteiger partial charge on any atom is -0.347 e. The molecule has 8 heteroatoms. The van der Waals surface area contributed by atoms with Crippen molar-refractivity contribution in [3.05, 3.63) is 17.7 Å². The second kappa shape index (κ2) is 4.71. The number of likely N-dealkylation sites (N-methyl/N-ethyl adjacent to an activating group) is 1. The maximum Gasteiger partial charge on any atom is 0.252 e. The van der Waals surface area contributed by atoms with Crippen LogP contribution in [-0.4, -0.2) is 51.7 Å². The fourth-order valence-corrected chi connectivity index (χ4v) is 2.50. The molecule has 2 atom stereocenters. The number of nitrogens with one attached hydrogen (secondary N) is 3. The predicted octanol–water partition coefficient (Wildman–Crippen LogP) is -1.70. The van der Waals surface area contributed by atoms with Gasteiger partial charge in [0.2, 0.25) is 11.8 Å². The number of nitrogens with zero attached hydrogens (tertiary/aromatic N) is 2. The smallest absolute Gasteiger partial charge is 0.252 e. The Morgan fingerprint density at radius 2 is 2.25 bits per heavy atom. The second-order valence-corrected chi connectivity index (χ2v) is 5.02. The Hall–Kier alpha value is -2.22. The molecule has 3 N–H and O–H groups in total. The number of H-pyrrole nitrogens is 1. The van der Waals surface area contributed by atoms with Crippen molar-refractivity contribution in [1.82, 2.24) is 25.5 Å². The number of carbonyl (C=O) groups excluding carboxylic acids is 3. The third-order valence-electron chi connectivity index (χ3n) is 3.74. The monoisotopic (exact) mass is 277 g/mol. The first-order valence-corrected chi connectivity index (χ1v) is 6.41. The highest BCUT2D eigenvalue weighted by Crippen LogP contribution is 2.14. The van der Waals surface area contributed by atoms with Crippen LogP contribution in [-0.2, 0) is 27.3 Å². The van der Waals surface area contributed by atoms with Crippen molar-refractivity contribution in [1.29, 1.82) is 0 Å². The van der Waals surface area contributed by atoms with Gasteiger partial charge in [0, 0.05) is 20.0 Å². The van der Waals surface area contributed by atoms with E-state index in [1.54, 1.807) is 6.33 Å². The molecule has 1 saturated heterocycles. The van der Waals surface area contributed by atoms with Gasteiger partial charge in [-0.15, -0.1) is 0 Å². The molecule has 0 radical (unpaired) electrons. The highest BCUT2D eigenvalue weighted by molar-refractivity contribution is 6.06. The summed E-state index contributed by atoms with van der Waals surface area (Å²) in [6.45, 7) is 0.533. The molecule has 0 aromatic carbocycles. The highest BCUT2D eigenvalue weighted by Gasteiger charge is 2.38. The number of fused-ring (bicyclic) bond motifs is 1. The number of hydrogen-bond acceptors (Lipinski definition) is 5. The third kappa shape index (κ3) is 2.07. The van der Waals surface area contributed by atoms with Crippen LogP contribution in [0, 0.1) is 0 Å². The Bertz CT molecular complexity index is 581. The van der Waals surface area contributed by atoms with Gasteiger partial charge in [-0.25, -0.2) is 4.98 Å². The van der Waals surface area contributed by atoms with Crippen LogP contribution in [0.1, 0.15) is 17.8 Å². The van der Waals surface area contributed by atoms with E-state index in [0.717, 1.165) is 16.3 Å². The average molecular weight is 277 g/mol. The molecule has 0 saturated carbocycles. The van der Waals surface area contributed by atoms with Gasteiger partial charge >= 0.3 is 0 Å². The molecule has 2 aliphatic rings. The van der Waals surface area contributed by atoms with E-state index in [0.29, 0.717) is 13.0 Å². The lowest BCUT2D eigenvalue weighted by Gasteiger charge is -2.23. The first-order valence-electron chi connectivity index (χ1n) is 6.41. The van der Waals surface area contributed by atoms with Crippen LogP contribution >= 0.6 is 0 Å². The maximum absolute atomic E-state index is 12.2. The average Bonchev–Trinajstić information content (AvgIpc) is 2.99. The van der Waals surface area contributed by atoms with Gasteiger partial charge in [-0.1, -0.05) is 0 Å². The van der Waals surface area contributed by atoms with Crippen molar-refractivity contribution in [3.8, 4) is 0 Å². The summed E-state index contributed by atoms with van der Waals surface area (Å²) >= 11 is 0. The minimum atomic E-state index is -0.748. The zero-order valence-electron chi connectivity index (χ0n) is 11.0. The highest BCUT2D eigenvalue weighted by atomic mass is 16.2. The molecule has 1 aromatic rings. The van der Waals surface area contributed by atoms with E-state index in [9.17, 15) is 14.4 Å². The number of hydrogen-bond donors (Lipinski definition) is 3. The van der Waals surface area contributed by atoms with Crippen LogP contribution < -0.4 is 10.6 Å². The molecule has 0 aliphatic carbocycles. The van der Waals surface area contributed by atoms with Gasteiger partial charge in [0.15, 0.2) is 0 Å². The van der Waals surface area contributed by atoms with Crippen molar-refractivity contribution in [3.63, 3.8) is 0 Å². The summed E-state index contributed by atoms with van der Waals surface area (Å²) in [5, 5.41) is 5.71. The fourth-order valence-electron chi connectivity index (χ4n) is 2.50. The van der Waals surface area contributed by atoms with Gasteiger partial charge in [-0.05, 0) is 0 Å². The van der Waals surface area contributed by atoms with Gasteiger partial charge in [-0.3, -0.25) is 24.6 Å². The van der Waals surface area contributed by atoms with E-state index < -0.39 is 12.1 Å². The van der Waals surface area contributed by atoms with E-state index in [4.69, 9.17) is 0 Å². The van der Waals surface area contributed by atoms with Gasteiger partial charge in [0.25, 0.3) is 5.91 Å². The third-order valence-corrected chi connectivity index (χ3v) is 3.74. The standard InChI is InChI=1S/C12H15N5O3/c1-17-10(18)3-8(12(17)20)16-11(19)7-2-6-9(4-13-7)15-5-14-6/h5,7-8,13H,2-4H2,1H3,(H,14,15)(H,16,19). The molecule has 2 unspecified atom stereocenters. The summed E-state index contributed by atoms with van der Waals surface area (Å²) in [5.41, 5.74) is 1.83. The Morgan fingerprint density at radius 1 is 1.45 bits per heavy atom. The number of imide groups is 1. The minimum absolute atomic E-state index is 0.0292. The molecule has 106 valence electrons. The molecule has 0 spiro atoms. The van der Waals surface area contributed by atoms with Gasteiger partial charge in [0.05, 0.1) is 30.2 Å². The first-order chi connectivity index (χ1) is 9.56. The summed E-state index contributed by atoms with van der Waals surface area (Å²) in [5.74, 6) is -0.911. The van der Waals surface area contributed by atoms with E-state index in [1.165, 1.54) is 7.05 Å². The summed E-state index contributed by atoms with van der Waals surface area (Å²) < 4.78 is 0. The van der Waals surface area contributed by atoms with Crippen LogP contribution in [0.4, 0.5) is 0 Å². The predicted molar refractivity (Wildman–Crippen MR) is 67.2 cm³/mol. The topological polar surface area (TPSA) is 107 Å². The number of imidazole rings is 1. The Kier molecular flexibility index (Phi) is 3.01. The fraction of sp³-hybridized carbons (Fsp3) is 0.500. The van der Waals surface area contributed by atoms with Crippen molar-refractivity contribution in [2.45, 2.75) is 31.5 Å². The number of amides is 3.